The zero-order valence-electron chi connectivity index (χ0n) is 14.7. The van der Waals surface area contributed by atoms with Gasteiger partial charge in [0.2, 0.25) is 5.89 Å². The molecule has 1 heterocycles. The van der Waals surface area contributed by atoms with Crippen LogP contribution in [0.3, 0.4) is 0 Å². The van der Waals surface area contributed by atoms with Crippen molar-refractivity contribution in [1.29, 1.82) is 0 Å². The molecule has 2 unspecified atom stereocenters. The summed E-state index contributed by atoms with van der Waals surface area (Å²) >= 11 is 0. The van der Waals surface area contributed by atoms with E-state index in [-0.39, 0.29) is 11.3 Å². The van der Waals surface area contributed by atoms with Gasteiger partial charge in [0.05, 0.1) is 11.8 Å². The van der Waals surface area contributed by atoms with Gasteiger partial charge in [-0.3, -0.25) is 4.90 Å². The number of aryl methyl sites for hydroxylation is 1. The molecule has 1 saturated carbocycles. The molecule has 1 aromatic rings. The van der Waals surface area contributed by atoms with E-state index in [2.05, 4.69) is 28.9 Å². The van der Waals surface area contributed by atoms with Crippen LogP contribution in [0, 0.1) is 5.92 Å². The average molecular weight is 343 g/mol. The average Bonchev–Trinajstić information content (AvgIpc) is 2.92. The Morgan fingerprint density at radius 3 is 2.65 bits per heavy atom. The lowest BCUT2D eigenvalue weighted by Crippen LogP contribution is -2.46. The maximum Gasteiger partial charge on any atom is 0.240 e. The summed E-state index contributed by atoms with van der Waals surface area (Å²) < 4.78 is 29.4. The van der Waals surface area contributed by atoms with Crippen LogP contribution in [0.15, 0.2) is 4.52 Å². The van der Waals surface area contributed by atoms with Crippen LogP contribution in [0.1, 0.15) is 57.7 Å². The number of sulfone groups is 1. The molecule has 1 aromatic heterocycles. The van der Waals surface area contributed by atoms with Gasteiger partial charge < -0.3 is 4.52 Å². The van der Waals surface area contributed by atoms with Gasteiger partial charge in [-0.25, -0.2) is 8.42 Å². The first kappa shape index (κ1) is 18.4. The Labute approximate surface area is 139 Å². The molecule has 0 aromatic carbocycles. The molecular formula is C16H29N3O3S. The van der Waals surface area contributed by atoms with Crippen LogP contribution in [0.2, 0.25) is 0 Å². The normalized spacial score (nSPS) is 22.9. The van der Waals surface area contributed by atoms with Gasteiger partial charge in [0.15, 0.2) is 15.7 Å². The number of hydrogen-bond donors (Lipinski definition) is 0. The van der Waals surface area contributed by atoms with E-state index in [0.29, 0.717) is 18.4 Å². The topological polar surface area (TPSA) is 76.3 Å². The van der Waals surface area contributed by atoms with Gasteiger partial charge in [-0.05, 0) is 32.2 Å². The van der Waals surface area contributed by atoms with Gasteiger partial charge in [0, 0.05) is 18.7 Å². The Bertz CT molecular complexity index is 597. The van der Waals surface area contributed by atoms with Crippen LogP contribution in [-0.2, 0) is 22.8 Å². The highest BCUT2D eigenvalue weighted by Gasteiger charge is 2.35. The Morgan fingerprint density at radius 2 is 2.00 bits per heavy atom. The predicted molar refractivity (Wildman–Crippen MR) is 89.8 cm³/mol. The molecule has 0 amide bonds. The second kappa shape index (κ2) is 7.75. The standard InChI is InChI=1S/C16H29N3O3S/c1-12(2)9-10-15-17-16(22-18-15)11-19(3)13-7-5-6-8-14(13)23(4,20)21/h12-14H,5-11H2,1-4H3. The number of rotatable bonds is 7. The Hall–Kier alpha value is -0.950. The van der Waals surface area contributed by atoms with Gasteiger partial charge in [-0.1, -0.05) is 31.8 Å². The molecule has 0 saturated heterocycles. The summed E-state index contributed by atoms with van der Waals surface area (Å²) in [5, 5.41) is 3.74. The largest absolute Gasteiger partial charge is 0.338 e. The molecule has 0 radical (unpaired) electrons. The van der Waals surface area contributed by atoms with Crippen molar-refractivity contribution < 1.29 is 12.9 Å². The third-order valence-electron chi connectivity index (χ3n) is 4.62. The van der Waals surface area contributed by atoms with E-state index in [0.717, 1.165) is 44.3 Å². The number of hydrogen-bond acceptors (Lipinski definition) is 6. The van der Waals surface area contributed by atoms with E-state index in [1.54, 1.807) is 0 Å². The summed E-state index contributed by atoms with van der Waals surface area (Å²) in [6, 6.07) is 0.0322. The number of nitrogens with zero attached hydrogens (tertiary/aromatic N) is 3. The van der Waals surface area contributed by atoms with Gasteiger partial charge in [0.1, 0.15) is 0 Å². The lowest BCUT2D eigenvalue weighted by molar-refractivity contribution is 0.167. The highest BCUT2D eigenvalue weighted by Crippen LogP contribution is 2.28. The molecule has 7 heteroatoms. The minimum absolute atomic E-state index is 0.0322. The Balaban J connectivity index is 1.98. The second-order valence-corrected chi connectivity index (χ2v) is 9.44. The summed E-state index contributed by atoms with van der Waals surface area (Å²) in [6.07, 6.45) is 6.92. The van der Waals surface area contributed by atoms with E-state index in [1.807, 2.05) is 7.05 Å². The lowest BCUT2D eigenvalue weighted by Gasteiger charge is -2.36. The molecule has 132 valence electrons. The van der Waals surface area contributed by atoms with E-state index in [1.165, 1.54) is 6.26 Å². The van der Waals surface area contributed by atoms with Crippen molar-refractivity contribution in [2.45, 2.75) is 70.2 Å². The molecule has 0 spiro atoms. The zero-order chi connectivity index (χ0) is 17.0. The first-order valence-corrected chi connectivity index (χ1v) is 10.4. The van der Waals surface area contributed by atoms with Gasteiger partial charge in [-0.15, -0.1) is 0 Å². The molecule has 6 nitrogen and oxygen atoms in total. The molecule has 2 rings (SSSR count). The molecule has 1 aliphatic carbocycles. The SMILES string of the molecule is CC(C)CCc1noc(CN(C)C2CCCCC2S(C)(=O)=O)n1. The van der Waals surface area contributed by atoms with E-state index in [9.17, 15) is 8.42 Å². The van der Waals surface area contributed by atoms with Crippen molar-refractivity contribution in [2.75, 3.05) is 13.3 Å². The van der Waals surface area contributed by atoms with Crippen molar-refractivity contribution in [1.82, 2.24) is 15.0 Å². The summed E-state index contributed by atoms with van der Waals surface area (Å²) in [7, 11) is -1.08. The van der Waals surface area contributed by atoms with Crippen LogP contribution in [0.5, 0.6) is 0 Å². The molecule has 23 heavy (non-hydrogen) atoms. The van der Waals surface area contributed by atoms with Crippen LogP contribution >= 0.6 is 0 Å². The Kier molecular flexibility index (Phi) is 6.19. The molecule has 1 fully saturated rings. The van der Waals surface area contributed by atoms with Crippen molar-refractivity contribution in [3.63, 3.8) is 0 Å². The minimum Gasteiger partial charge on any atom is -0.338 e. The third-order valence-corrected chi connectivity index (χ3v) is 6.27. The summed E-state index contributed by atoms with van der Waals surface area (Å²) in [5.41, 5.74) is 0. The monoisotopic (exact) mass is 343 g/mol. The van der Waals surface area contributed by atoms with E-state index < -0.39 is 9.84 Å². The minimum atomic E-state index is -3.03. The predicted octanol–water partition coefficient (Wildman–Crippen LogP) is 2.45. The fourth-order valence-corrected chi connectivity index (χ4v) is 4.79. The van der Waals surface area contributed by atoms with Crippen molar-refractivity contribution in [2.24, 2.45) is 5.92 Å². The maximum absolute atomic E-state index is 12.0. The van der Waals surface area contributed by atoms with E-state index in [4.69, 9.17) is 4.52 Å². The third kappa shape index (κ3) is 5.28. The molecule has 0 N–H and O–H groups in total. The van der Waals surface area contributed by atoms with Crippen LogP contribution in [0.25, 0.3) is 0 Å². The quantitative estimate of drug-likeness (QED) is 0.757. The molecule has 0 aliphatic heterocycles. The lowest BCUT2D eigenvalue weighted by atomic mass is 9.94. The number of aromatic nitrogens is 2. The van der Waals surface area contributed by atoms with Crippen LogP contribution < -0.4 is 0 Å². The summed E-state index contributed by atoms with van der Waals surface area (Å²) in [6.45, 7) is 4.84. The van der Waals surface area contributed by atoms with Crippen molar-refractivity contribution >= 4 is 9.84 Å². The van der Waals surface area contributed by atoms with Gasteiger partial charge in [0.25, 0.3) is 0 Å². The fraction of sp³-hybridized carbons (Fsp3) is 0.875. The van der Waals surface area contributed by atoms with Gasteiger partial charge >= 0.3 is 0 Å². The highest BCUT2D eigenvalue weighted by atomic mass is 32.2. The first-order valence-electron chi connectivity index (χ1n) is 8.48. The molecule has 1 aliphatic rings. The van der Waals surface area contributed by atoms with E-state index >= 15 is 0 Å². The van der Waals surface area contributed by atoms with Crippen molar-refractivity contribution in [3.8, 4) is 0 Å². The smallest absolute Gasteiger partial charge is 0.240 e. The maximum atomic E-state index is 12.0. The molecule has 0 bridgehead atoms. The fourth-order valence-electron chi connectivity index (χ4n) is 3.29. The van der Waals surface area contributed by atoms with Crippen LogP contribution in [0.4, 0.5) is 0 Å². The first-order chi connectivity index (χ1) is 10.8. The van der Waals surface area contributed by atoms with Gasteiger partial charge in [-0.2, -0.15) is 4.98 Å². The summed E-state index contributed by atoms with van der Waals surface area (Å²) in [4.78, 5) is 6.50. The Morgan fingerprint density at radius 1 is 1.30 bits per heavy atom. The zero-order valence-corrected chi connectivity index (χ0v) is 15.5. The van der Waals surface area contributed by atoms with Crippen molar-refractivity contribution in [3.05, 3.63) is 11.7 Å². The molecular weight excluding hydrogens is 314 g/mol. The molecule has 2 atom stereocenters. The summed E-state index contributed by atoms with van der Waals surface area (Å²) in [5.74, 6) is 1.92. The highest BCUT2D eigenvalue weighted by molar-refractivity contribution is 7.91. The second-order valence-electron chi connectivity index (χ2n) is 7.17. The van der Waals surface area contributed by atoms with Crippen LogP contribution in [-0.4, -0.2) is 48.1 Å².